The summed E-state index contributed by atoms with van der Waals surface area (Å²) in [5, 5.41) is 0. The highest BCUT2D eigenvalue weighted by Gasteiger charge is 2.72. The SMILES string of the molecule is CC(=O)N(C)[Si](C)(C)CCC(F)(F)C(F)(F)C(F)(F)F. The molecule has 10 heteroatoms. The third-order valence-electron chi connectivity index (χ3n) is 3.25. The quantitative estimate of drug-likeness (QED) is 0.554. The van der Waals surface area contributed by atoms with E-state index >= 15 is 0 Å². The van der Waals surface area contributed by atoms with E-state index in [1.54, 1.807) is 0 Å². The predicted octanol–water partition coefficient (Wildman–Crippen LogP) is 3.89. The van der Waals surface area contributed by atoms with Gasteiger partial charge in [0.2, 0.25) is 5.91 Å². The first-order chi connectivity index (χ1) is 8.56. The van der Waals surface area contributed by atoms with Crippen molar-refractivity contribution in [1.29, 1.82) is 0 Å². The van der Waals surface area contributed by atoms with Gasteiger partial charge in [-0.15, -0.1) is 0 Å². The standard InChI is InChI=1S/C10H16F7NOSi/c1-7(19)18(2)20(3,4)6-5-8(11,12)9(13,14)10(15,16)17/h5-6H2,1-4H3. The van der Waals surface area contributed by atoms with Gasteiger partial charge in [0, 0.05) is 20.4 Å². The van der Waals surface area contributed by atoms with Gasteiger partial charge in [0.25, 0.3) is 0 Å². The van der Waals surface area contributed by atoms with E-state index in [1.807, 2.05) is 0 Å². The Morgan fingerprint density at radius 1 is 1.05 bits per heavy atom. The zero-order valence-corrected chi connectivity index (χ0v) is 12.4. The van der Waals surface area contributed by atoms with E-state index in [-0.39, 0.29) is 0 Å². The van der Waals surface area contributed by atoms with Crippen molar-refractivity contribution in [3.63, 3.8) is 0 Å². The lowest BCUT2D eigenvalue weighted by atomic mass is 10.1. The number of carbonyl (C=O) groups is 1. The predicted molar refractivity (Wildman–Crippen MR) is 61.3 cm³/mol. The number of alkyl halides is 7. The molecule has 120 valence electrons. The van der Waals surface area contributed by atoms with E-state index in [4.69, 9.17) is 0 Å². The highest BCUT2D eigenvalue weighted by molar-refractivity contribution is 6.76. The number of nitrogens with zero attached hydrogens (tertiary/aromatic N) is 1. The summed E-state index contributed by atoms with van der Waals surface area (Å²) in [6.07, 6.45) is -7.94. The molecule has 0 aromatic heterocycles. The minimum absolute atomic E-state index is 0.451. The van der Waals surface area contributed by atoms with Crippen LogP contribution in [0.15, 0.2) is 0 Å². The van der Waals surface area contributed by atoms with Crippen LogP contribution in [0.3, 0.4) is 0 Å². The Morgan fingerprint density at radius 2 is 1.45 bits per heavy atom. The highest BCUT2D eigenvalue weighted by Crippen LogP contribution is 2.49. The van der Waals surface area contributed by atoms with Crippen molar-refractivity contribution in [1.82, 2.24) is 4.57 Å². The number of rotatable bonds is 5. The lowest BCUT2D eigenvalue weighted by Crippen LogP contribution is -2.54. The van der Waals surface area contributed by atoms with Crippen LogP contribution in [0.4, 0.5) is 30.7 Å². The van der Waals surface area contributed by atoms with Gasteiger partial charge in [0.15, 0.2) is 8.24 Å². The molecule has 0 bridgehead atoms. The molecule has 0 radical (unpaired) electrons. The lowest BCUT2D eigenvalue weighted by Gasteiger charge is -2.35. The molecule has 0 atom stereocenters. The van der Waals surface area contributed by atoms with Crippen LogP contribution in [0.1, 0.15) is 13.3 Å². The monoisotopic (exact) mass is 327 g/mol. The van der Waals surface area contributed by atoms with Crippen LogP contribution >= 0.6 is 0 Å². The first kappa shape index (κ1) is 19.2. The molecule has 1 amide bonds. The number of hydrogen-bond acceptors (Lipinski definition) is 1. The molecule has 0 aromatic carbocycles. The molecule has 0 spiro atoms. The molecule has 0 aliphatic carbocycles. The smallest absolute Gasteiger partial charge is 0.373 e. The second-order valence-corrected chi connectivity index (χ2v) is 9.96. The van der Waals surface area contributed by atoms with Gasteiger partial charge in [0.1, 0.15) is 0 Å². The van der Waals surface area contributed by atoms with Gasteiger partial charge in [-0.1, -0.05) is 13.1 Å². The minimum Gasteiger partial charge on any atom is -0.373 e. The fourth-order valence-corrected chi connectivity index (χ4v) is 3.53. The molecule has 0 aliphatic rings. The normalized spacial score (nSPS) is 14.3. The van der Waals surface area contributed by atoms with E-state index in [1.165, 1.54) is 20.1 Å². The molecule has 0 aliphatic heterocycles. The fraction of sp³-hybridized carbons (Fsp3) is 0.900. The third kappa shape index (κ3) is 3.86. The second kappa shape index (κ2) is 5.53. The maximum absolute atomic E-state index is 13.1. The first-order valence-electron chi connectivity index (χ1n) is 5.63. The van der Waals surface area contributed by atoms with E-state index in [9.17, 15) is 35.5 Å². The molecule has 0 aromatic rings. The van der Waals surface area contributed by atoms with Crippen LogP contribution in [0.25, 0.3) is 0 Å². The van der Waals surface area contributed by atoms with Crippen LogP contribution in [0, 0.1) is 0 Å². The molecule has 0 rings (SSSR count). The zero-order valence-electron chi connectivity index (χ0n) is 11.4. The van der Waals surface area contributed by atoms with Gasteiger partial charge in [-0.25, -0.2) is 0 Å². The topological polar surface area (TPSA) is 20.3 Å². The van der Waals surface area contributed by atoms with Crippen molar-refractivity contribution in [2.75, 3.05) is 7.05 Å². The molecule has 0 unspecified atom stereocenters. The Kier molecular flexibility index (Phi) is 5.31. The maximum atomic E-state index is 13.1. The van der Waals surface area contributed by atoms with Crippen molar-refractivity contribution in [2.45, 2.75) is 50.5 Å². The third-order valence-corrected chi connectivity index (χ3v) is 6.85. The second-order valence-electron chi connectivity index (χ2n) is 5.17. The number of carbonyl (C=O) groups excluding carboxylic acids is 1. The molecule has 2 nitrogen and oxygen atoms in total. The van der Waals surface area contributed by atoms with Gasteiger partial charge in [-0.05, 0) is 6.04 Å². The molecule has 0 N–H and O–H groups in total. The fourth-order valence-electron chi connectivity index (χ4n) is 1.42. The lowest BCUT2D eigenvalue weighted by molar-refractivity contribution is -0.354. The van der Waals surface area contributed by atoms with Crippen molar-refractivity contribution in [2.24, 2.45) is 0 Å². The molecule has 20 heavy (non-hydrogen) atoms. The molecule has 0 saturated heterocycles. The molecule has 0 heterocycles. The zero-order chi connectivity index (χ0) is 16.6. The molecular weight excluding hydrogens is 311 g/mol. The molecule has 0 fully saturated rings. The average molecular weight is 327 g/mol. The summed E-state index contributed by atoms with van der Waals surface area (Å²) in [4.78, 5) is 11.1. The van der Waals surface area contributed by atoms with E-state index in [0.29, 0.717) is 0 Å². The van der Waals surface area contributed by atoms with E-state index < -0.39 is 44.6 Å². The van der Waals surface area contributed by atoms with Crippen molar-refractivity contribution < 1.29 is 35.5 Å². The summed E-state index contributed by atoms with van der Waals surface area (Å²) in [7, 11) is -1.50. The van der Waals surface area contributed by atoms with Crippen LogP contribution in [-0.2, 0) is 4.79 Å². The summed E-state index contributed by atoms with van der Waals surface area (Å²) in [5.74, 6) is -11.7. The Morgan fingerprint density at radius 3 is 1.75 bits per heavy atom. The van der Waals surface area contributed by atoms with E-state index in [0.717, 1.165) is 11.5 Å². The van der Waals surface area contributed by atoms with E-state index in [2.05, 4.69) is 0 Å². The molecular formula is C10H16F7NOSi. The van der Waals surface area contributed by atoms with Crippen molar-refractivity contribution in [3.8, 4) is 0 Å². The van der Waals surface area contributed by atoms with Gasteiger partial charge in [-0.2, -0.15) is 30.7 Å². The van der Waals surface area contributed by atoms with Gasteiger partial charge < -0.3 is 4.57 Å². The Hall–Kier alpha value is -0.803. The highest BCUT2D eigenvalue weighted by atomic mass is 28.3. The van der Waals surface area contributed by atoms with Gasteiger partial charge >= 0.3 is 18.0 Å². The summed E-state index contributed by atoms with van der Waals surface area (Å²) >= 11 is 0. The summed E-state index contributed by atoms with van der Waals surface area (Å²) in [5.41, 5.74) is 0. The summed E-state index contributed by atoms with van der Waals surface area (Å²) in [6.45, 7) is 4.05. The maximum Gasteiger partial charge on any atom is 0.459 e. The Balaban J connectivity index is 5.02. The number of amides is 1. The van der Waals surface area contributed by atoms with Gasteiger partial charge in [0.05, 0.1) is 0 Å². The first-order valence-corrected chi connectivity index (χ1v) is 8.78. The Labute approximate surface area is 113 Å². The van der Waals surface area contributed by atoms with Crippen LogP contribution in [0.5, 0.6) is 0 Å². The van der Waals surface area contributed by atoms with Crippen molar-refractivity contribution >= 4 is 14.1 Å². The van der Waals surface area contributed by atoms with Crippen LogP contribution in [-0.4, -0.2) is 43.8 Å². The molecule has 0 saturated carbocycles. The Bertz CT molecular complexity index is 367. The van der Waals surface area contributed by atoms with Crippen LogP contribution < -0.4 is 0 Å². The number of hydrogen-bond donors (Lipinski definition) is 0. The van der Waals surface area contributed by atoms with Crippen molar-refractivity contribution in [3.05, 3.63) is 0 Å². The largest absolute Gasteiger partial charge is 0.459 e. The number of halogens is 7. The summed E-state index contributed by atoms with van der Waals surface area (Å²) < 4.78 is 88.7. The minimum atomic E-state index is -6.31. The van der Waals surface area contributed by atoms with Crippen LogP contribution in [0.2, 0.25) is 19.1 Å². The average Bonchev–Trinajstić information content (AvgIpc) is 2.23. The van der Waals surface area contributed by atoms with Gasteiger partial charge in [-0.3, -0.25) is 4.79 Å². The summed E-state index contributed by atoms with van der Waals surface area (Å²) in [6, 6.07) is -0.568.